The molecule has 1 N–H and O–H groups in total. The van der Waals surface area contributed by atoms with Crippen LogP contribution in [-0.4, -0.2) is 46.1 Å². The van der Waals surface area contributed by atoms with Crippen molar-refractivity contribution in [3.8, 4) is 5.75 Å². The molecule has 1 saturated heterocycles. The van der Waals surface area contributed by atoms with Crippen LogP contribution in [0.2, 0.25) is 0 Å². The van der Waals surface area contributed by atoms with E-state index in [1.807, 2.05) is 36.1 Å². The Bertz CT molecular complexity index is 742. The second-order valence-electron chi connectivity index (χ2n) is 6.38. The number of aromatic nitrogens is 2. The minimum Gasteiger partial charge on any atom is -0.497 e. The number of carboxylic acids is 1. The van der Waals surface area contributed by atoms with Gasteiger partial charge in [0.05, 0.1) is 7.11 Å². The van der Waals surface area contributed by atoms with Crippen LogP contribution in [0.25, 0.3) is 0 Å². The van der Waals surface area contributed by atoms with Crippen molar-refractivity contribution in [1.82, 2.24) is 14.9 Å². The number of benzene rings is 1. The molecule has 25 heavy (non-hydrogen) atoms. The Morgan fingerprint density at radius 2 is 2.08 bits per heavy atom. The molecule has 0 radical (unpaired) electrons. The fourth-order valence-electron chi connectivity index (χ4n) is 3.40. The molecule has 132 valence electrons. The van der Waals surface area contributed by atoms with Crippen LogP contribution in [0.5, 0.6) is 5.75 Å². The number of carbonyl (C=O) groups is 1. The van der Waals surface area contributed by atoms with Gasteiger partial charge in [-0.2, -0.15) is 0 Å². The molecule has 0 bridgehead atoms. The van der Waals surface area contributed by atoms with Crippen LogP contribution in [-0.2, 0) is 4.79 Å². The standard InChI is InChI=1S/C19H23N3O3/c1-13-6-9-20-18(21-13)14-7-10-22(11-8-14)17(19(23)24)15-4-3-5-16(12-15)25-2/h3-6,9,12,14,17H,7-8,10-11H2,1-2H3,(H,23,24). The highest BCUT2D eigenvalue weighted by molar-refractivity contribution is 5.75. The van der Waals surface area contributed by atoms with Gasteiger partial charge in [0.1, 0.15) is 17.6 Å². The molecule has 1 unspecified atom stereocenters. The molecule has 1 atom stereocenters. The van der Waals surface area contributed by atoms with E-state index in [0.717, 1.165) is 29.9 Å². The number of hydrogen-bond donors (Lipinski definition) is 1. The Balaban J connectivity index is 1.73. The monoisotopic (exact) mass is 341 g/mol. The molecule has 1 aliphatic heterocycles. The van der Waals surface area contributed by atoms with Crippen molar-refractivity contribution in [1.29, 1.82) is 0 Å². The lowest BCUT2D eigenvalue weighted by Crippen LogP contribution is -2.40. The summed E-state index contributed by atoms with van der Waals surface area (Å²) in [5.41, 5.74) is 1.71. The summed E-state index contributed by atoms with van der Waals surface area (Å²) in [6, 6.07) is 8.53. The summed E-state index contributed by atoms with van der Waals surface area (Å²) < 4.78 is 5.23. The maximum atomic E-state index is 11.9. The van der Waals surface area contributed by atoms with E-state index in [4.69, 9.17) is 4.74 Å². The SMILES string of the molecule is COc1cccc(C(C(=O)O)N2CCC(c3nccc(C)n3)CC2)c1. The number of nitrogens with zero attached hydrogens (tertiary/aromatic N) is 3. The summed E-state index contributed by atoms with van der Waals surface area (Å²) in [4.78, 5) is 22.8. The number of hydrogen-bond acceptors (Lipinski definition) is 5. The first-order valence-corrected chi connectivity index (χ1v) is 8.49. The van der Waals surface area contributed by atoms with Crippen LogP contribution in [0.4, 0.5) is 0 Å². The first-order valence-electron chi connectivity index (χ1n) is 8.49. The van der Waals surface area contributed by atoms with Gasteiger partial charge >= 0.3 is 5.97 Å². The van der Waals surface area contributed by atoms with E-state index in [2.05, 4.69) is 9.97 Å². The molecular formula is C19H23N3O3. The topological polar surface area (TPSA) is 75.6 Å². The Kier molecular flexibility index (Phi) is 5.28. The highest BCUT2D eigenvalue weighted by Crippen LogP contribution is 2.32. The number of aliphatic carboxylic acids is 1. The lowest BCUT2D eigenvalue weighted by atomic mass is 9.93. The van der Waals surface area contributed by atoms with Crippen molar-refractivity contribution in [2.45, 2.75) is 31.7 Å². The number of methoxy groups -OCH3 is 1. The molecule has 1 aromatic heterocycles. The van der Waals surface area contributed by atoms with Crippen LogP contribution < -0.4 is 4.74 Å². The van der Waals surface area contributed by atoms with E-state index in [-0.39, 0.29) is 5.92 Å². The molecule has 1 fully saturated rings. The third kappa shape index (κ3) is 3.96. The zero-order chi connectivity index (χ0) is 17.8. The number of likely N-dealkylation sites (tertiary alicyclic amines) is 1. The lowest BCUT2D eigenvalue weighted by molar-refractivity contribution is -0.144. The Morgan fingerprint density at radius 3 is 2.72 bits per heavy atom. The Hall–Kier alpha value is -2.47. The van der Waals surface area contributed by atoms with Gasteiger partial charge in [0, 0.05) is 17.8 Å². The highest BCUT2D eigenvalue weighted by Gasteiger charge is 2.32. The van der Waals surface area contributed by atoms with Crippen LogP contribution in [0.15, 0.2) is 36.5 Å². The van der Waals surface area contributed by atoms with Gasteiger partial charge in [0.2, 0.25) is 0 Å². The lowest BCUT2D eigenvalue weighted by Gasteiger charge is -2.35. The largest absolute Gasteiger partial charge is 0.497 e. The summed E-state index contributed by atoms with van der Waals surface area (Å²) in [5.74, 6) is 0.995. The molecule has 6 nitrogen and oxygen atoms in total. The fourth-order valence-corrected chi connectivity index (χ4v) is 3.40. The molecule has 1 aliphatic rings. The summed E-state index contributed by atoms with van der Waals surface area (Å²) in [7, 11) is 1.59. The van der Waals surface area contributed by atoms with Crippen molar-refractivity contribution >= 4 is 5.97 Å². The minimum absolute atomic E-state index is 0.288. The smallest absolute Gasteiger partial charge is 0.325 e. The molecule has 3 rings (SSSR count). The highest BCUT2D eigenvalue weighted by atomic mass is 16.5. The Morgan fingerprint density at radius 1 is 1.32 bits per heavy atom. The second-order valence-corrected chi connectivity index (χ2v) is 6.38. The maximum Gasteiger partial charge on any atom is 0.325 e. The molecule has 0 saturated carbocycles. The molecule has 0 aliphatic carbocycles. The van der Waals surface area contributed by atoms with Crippen LogP contribution in [0.3, 0.4) is 0 Å². The second kappa shape index (κ2) is 7.61. The first-order chi connectivity index (χ1) is 12.1. The predicted molar refractivity (Wildman–Crippen MR) is 93.7 cm³/mol. The van der Waals surface area contributed by atoms with Gasteiger partial charge in [-0.25, -0.2) is 9.97 Å². The normalized spacial score (nSPS) is 17.2. The zero-order valence-electron chi connectivity index (χ0n) is 14.6. The molecular weight excluding hydrogens is 318 g/mol. The molecule has 6 heteroatoms. The number of piperidine rings is 1. The van der Waals surface area contributed by atoms with Gasteiger partial charge in [-0.1, -0.05) is 12.1 Å². The summed E-state index contributed by atoms with van der Waals surface area (Å²) in [6.45, 7) is 3.37. The summed E-state index contributed by atoms with van der Waals surface area (Å²) in [5, 5.41) is 9.75. The van der Waals surface area contributed by atoms with E-state index in [1.54, 1.807) is 19.4 Å². The molecule has 2 heterocycles. The van der Waals surface area contributed by atoms with Crippen molar-refractivity contribution in [3.63, 3.8) is 0 Å². The molecule has 2 aromatic rings. The maximum absolute atomic E-state index is 11.9. The average molecular weight is 341 g/mol. The van der Waals surface area contributed by atoms with E-state index in [0.29, 0.717) is 18.8 Å². The van der Waals surface area contributed by atoms with Crippen molar-refractivity contribution in [2.75, 3.05) is 20.2 Å². The number of aryl methyl sites for hydroxylation is 1. The first kappa shape index (κ1) is 17.4. The average Bonchev–Trinajstić information content (AvgIpc) is 2.62. The third-order valence-electron chi connectivity index (χ3n) is 4.72. The van der Waals surface area contributed by atoms with Crippen molar-refractivity contribution in [2.24, 2.45) is 0 Å². The fraction of sp³-hybridized carbons (Fsp3) is 0.421. The van der Waals surface area contributed by atoms with Gasteiger partial charge in [0.15, 0.2) is 0 Å². The van der Waals surface area contributed by atoms with Gasteiger partial charge in [0.25, 0.3) is 0 Å². The third-order valence-corrected chi connectivity index (χ3v) is 4.72. The Labute approximate surface area is 147 Å². The van der Waals surface area contributed by atoms with Gasteiger partial charge in [-0.15, -0.1) is 0 Å². The van der Waals surface area contributed by atoms with E-state index < -0.39 is 12.0 Å². The predicted octanol–water partition coefficient (Wildman–Crippen LogP) is 2.80. The number of ether oxygens (including phenoxy) is 1. The van der Waals surface area contributed by atoms with Crippen LogP contribution >= 0.6 is 0 Å². The zero-order valence-corrected chi connectivity index (χ0v) is 14.6. The van der Waals surface area contributed by atoms with Crippen molar-refractivity contribution < 1.29 is 14.6 Å². The van der Waals surface area contributed by atoms with E-state index in [9.17, 15) is 9.90 Å². The molecule has 1 aromatic carbocycles. The summed E-state index contributed by atoms with van der Waals surface area (Å²) >= 11 is 0. The van der Waals surface area contributed by atoms with Crippen LogP contribution in [0.1, 0.15) is 41.9 Å². The van der Waals surface area contributed by atoms with Gasteiger partial charge in [-0.3, -0.25) is 9.69 Å². The molecule has 0 spiro atoms. The number of rotatable bonds is 5. The van der Waals surface area contributed by atoms with E-state index >= 15 is 0 Å². The minimum atomic E-state index is -0.835. The van der Waals surface area contributed by atoms with Crippen LogP contribution in [0, 0.1) is 6.92 Å². The number of carboxylic acid groups (broad SMARTS) is 1. The van der Waals surface area contributed by atoms with Gasteiger partial charge in [-0.05, 0) is 56.6 Å². The quantitative estimate of drug-likeness (QED) is 0.901. The molecule has 0 amide bonds. The van der Waals surface area contributed by atoms with E-state index in [1.165, 1.54) is 0 Å². The summed E-state index contributed by atoms with van der Waals surface area (Å²) in [6.07, 6.45) is 3.51. The van der Waals surface area contributed by atoms with Gasteiger partial charge < -0.3 is 9.84 Å². The van der Waals surface area contributed by atoms with Crippen molar-refractivity contribution in [3.05, 3.63) is 53.6 Å².